The Morgan fingerprint density at radius 2 is 1.56 bits per heavy atom. The fraction of sp³-hybridized carbons (Fsp3) is 0.769. The molecule has 4 N–H and O–H groups in total. The molecule has 39 heavy (non-hydrogen) atoms. The molecule has 0 spiro atoms. The van der Waals surface area contributed by atoms with E-state index in [1.807, 2.05) is 11.8 Å². The summed E-state index contributed by atoms with van der Waals surface area (Å²) in [5.74, 6) is -1.07. The number of hydrogen-bond donors (Lipinski definition) is 4. The first-order chi connectivity index (χ1) is 18.8. The van der Waals surface area contributed by atoms with Gasteiger partial charge in [0.1, 0.15) is 6.17 Å². The van der Waals surface area contributed by atoms with Crippen LogP contribution in [0.4, 0.5) is 4.79 Å². The van der Waals surface area contributed by atoms with Crippen LogP contribution >= 0.6 is 11.8 Å². The van der Waals surface area contributed by atoms with E-state index in [1.54, 1.807) is 0 Å². The second-order valence-electron chi connectivity index (χ2n) is 10.3. The fourth-order valence-electron chi connectivity index (χ4n) is 4.95. The van der Waals surface area contributed by atoms with Crippen molar-refractivity contribution >= 4 is 47.4 Å². The third kappa shape index (κ3) is 10.0. The molecular formula is C26H41N5O7S. The molecule has 0 saturated carbocycles. The monoisotopic (exact) mass is 567 g/mol. The lowest BCUT2D eigenvalue weighted by Crippen LogP contribution is -2.47. The average molecular weight is 568 g/mol. The molecule has 3 aliphatic rings. The van der Waals surface area contributed by atoms with Crippen LogP contribution in [0.2, 0.25) is 0 Å². The molecule has 218 valence electrons. The van der Waals surface area contributed by atoms with E-state index in [1.165, 1.54) is 0 Å². The molecule has 0 bridgehead atoms. The first kappa shape index (κ1) is 30.7. The molecule has 3 saturated heterocycles. The predicted molar refractivity (Wildman–Crippen MR) is 144 cm³/mol. The van der Waals surface area contributed by atoms with Crippen molar-refractivity contribution < 1.29 is 33.6 Å². The van der Waals surface area contributed by atoms with Gasteiger partial charge in [-0.2, -0.15) is 11.8 Å². The van der Waals surface area contributed by atoms with Gasteiger partial charge in [-0.15, -0.1) is 5.06 Å². The van der Waals surface area contributed by atoms with Crippen molar-refractivity contribution in [2.45, 2.75) is 120 Å². The summed E-state index contributed by atoms with van der Waals surface area (Å²) in [5.41, 5.74) is 0. The van der Waals surface area contributed by atoms with Gasteiger partial charge >= 0.3 is 12.0 Å². The molecule has 13 heteroatoms. The van der Waals surface area contributed by atoms with Gasteiger partial charge in [-0.25, -0.2) is 9.59 Å². The lowest BCUT2D eigenvalue weighted by Gasteiger charge is -2.21. The van der Waals surface area contributed by atoms with Crippen molar-refractivity contribution in [3.63, 3.8) is 0 Å². The number of fused-ring (bicyclic) bond motifs is 1. The maximum atomic E-state index is 12.6. The number of imide groups is 1. The summed E-state index contributed by atoms with van der Waals surface area (Å²) in [7, 11) is 0. The molecule has 12 nitrogen and oxygen atoms in total. The van der Waals surface area contributed by atoms with E-state index in [0.29, 0.717) is 48.8 Å². The van der Waals surface area contributed by atoms with Crippen LogP contribution in [0.3, 0.4) is 0 Å². The SMILES string of the molecule is CCCCCC(=O)NC(CCCCC(=O)ON1C(=O)CCC1=O)NC(=O)CCCC[C@@H]1SC[C@@H]2NC(=O)N[C@@H]21. The van der Waals surface area contributed by atoms with Crippen molar-refractivity contribution in [1.29, 1.82) is 0 Å². The van der Waals surface area contributed by atoms with Crippen molar-refractivity contribution in [3.8, 4) is 0 Å². The zero-order valence-corrected chi connectivity index (χ0v) is 23.4. The second-order valence-corrected chi connectivity index (χ2v) is 11.6. The Balaban J connectivity index is 1.36. The van der Waals surface area contributed by atoms with Crippen LogP contribution in [0.1, 0.15) is 96.8 Å². The molecule has 0 aromatic carbocycles. The highest BCUT2D eigenvalue weighted by atomic mass is 32.2. The molecular weight excluding hydrogens is 526 g/mol. The summed E-state index contributed by atoms with van der Waals surface area (Å²) in [6.07, 6.45) is 6.88. The molecule has 3 heterocycles. The first-order valence-electron chi connectivity index (χ1n) is 14.1. The predicted octanol–water partition coefficient (Wildman–Crippen LogP) is 2.02. The van der Waals surface area contributed by atoms with Gasteiger partial charge in [0.25, 0.3) is 11.8 Å². The number of hydrogen-bond acceptors (Lipinski definition) is 8. The van der Waals surface area contributed by atoms with Gasteiger partial charge in [-0.3, -0.25) is 19.2 Å². The van der Waals surface area contributed by atoms with E-state index >= 15 is 0 Å². The number of carbonyl (C=O) groups is 6. The van der Waals surface area contributed by atoms with Crippen molar-refractivity contribution in [3.05, 3.63) is 0 Å². The van der Waals surface area contributed by atoms with Gasteiger partial charge in [0, 0.05) is 43.1 Å². The third-order valence-corrected chi connectivity index (χ3v) is 8.59. The third-order valence-electron chi connectivity index (χ3n) is 7.08. The van der Waals surface area contributed by atoms with Gasteiger partial charge in [-0.05, 0) is 38.5 Å². The number of rotatable bonds is 17. The molecule has 4 atom stereocenters. The van der Waals surface area contributed by atoms with Crippen LogP contribution in [0.15, 0.2) is 0 Å². The highest BCUT2D eigenvalue weighted by molar-refractivity contribution is 8.00. The minimum absolute atomic E-state index is 0.0131. The van der Waals surface area contributed by atoms with E-state index < -0.39 is 23.9 Å². The lowest BCUT2D eigenvalue weighted by molar-refractivity contribution is -0.197. The lowest BCUT2D eigenvalue weighted by atomic mass is 10.0. The van der Waals surface area contributed by atoms with E-state index in [2.05, 4.69) is 28.2 Å². The molecule has 6 amide bonds. The van der Waals surface area contributed by atoms with Crippen molar-refractivity contribution in [1.82, 2.24) is 26.3 Å². The number of unbranched alkanes of at least 4 members (excludes halogenated alkanes) is 4. The standard InChI is InChI=1S/C26H41N5O7S/c1-2-3-4-11-20(32)28-19(10-6-8-13-24(36)38-31-22(34)14-15-23(31)35)29-21(33)12-7-5-9-18-25-17(16-39-18)27-26(37)30-25/h17-19,25H,2-16H2,1H3,(H,28,32)(H,29,33)(H2,27,30,37)/t17-,18-,19?,25-/m0/s1. The Bertz CT molecular complexity index is 901. The Hall–Kier alpha value is -2.83. The summed E-state index contributed by atoms with van der Waals surface area (Å²) < 4.78 is 0. The number of urea groups is 1. The number of thioether (sulfide) groups is 1. The van der Waals surface area contributed by atoms with Crippen LogP contribution in [0.5, 0.6) is 0 Å². The number of amides is 6. The van der Waals surface area contributed by atoms with Gasteiger partial charge in [-0.1, -0.05) is 26.2 Å². The fourth-order valence-corrected chi connectivity index (χ4v) is 6.49. The smallest absolute Gasteiger partial charge is 0.333 e. The van der Waals surface area contributed by atoms with Crippen LogP contribution < -0.4 is 21.3 Å². The van der Waals surface area contributed by atoms with Gasteiger partial charge in [0.05, 0.1) is 12.1 Å². The zero-order valence-electron chi connectivity index (χ0n) is 22.6. The molecule has 0 aliphatic carbocycles. The highest BCUT2D eigenvalue weighted by Crippen LogP contribution is 2.33. The minimum Gasteiger partial charge on any atom is -0.336 e. The van der Waals surface area contributed by atoms with E-state index in [-0.39, 0.29) is 49.2 Å². The number of nitrogens with one attached hydrogen (secondary N) is 4. The molecule has 1 unspecified atom stereocenters. The molecule has 3 rings (SSSR count). The Morgan fingerprint density at radius 3 is 2.23 bits per heavy atom. The van der Waals surface area contributed by atoms with Gasteiger partial charge in [0.2, 0.25) is 11.8 Å². The zero-order chi connectivity index (χ0) is 28.2. The summed E-state index contributed by atoms with van der Waals surface area (Å²) in [6.45, 7) is 2.06. The topological polar surface area (TPSA) is 163 Å². The average Bonchev–Trinajstić information content (AvgIpc) is 3.54. The molecule has 0 radical (unpaired) electrons. The van der Waals surface area contributed by atoms with Crippen molar-refractivity contribution in [2.24, 2.45) is 0 Å². The van der Waals surface area contributed by atoms with E-state index in [4.69, 9.17) is 4.84 Å². The number of hydroxylamine groups is 2. The van der Waals surface area contributed by atoms with Crippen LogP contribution in [-0.4, -0.2) is 69.9 Å². The maximum Gasteiger partial charge on any atom is 0.333 e. The minimum atomic E-state index is -0.664. The second kappa shape index (κ2) is 15.7. The van der Waals surface area contributed by atoms with Crippen LogP contribution in [0.25, 0.3) is 0 Å². The normalized spacial score (nSPS) is 22.7. The maximum absolute atomic E-state index is 12.6. The Labute approximate surface area is 233 Å². The summed E-state index contributed by atoms with van der Waals surface area (Å²) in [4.78, 5) is 76.6. The van der Waals surface area contributed by atoms with E-state index in [0.717, 1.165) is 37.9 Å². The van der Waals surface area contributed by atoms with E-state index in [9.17, 15) is 28.8 Å². The Kier molecular flexibility index (Phi) is 12.3. The molecule has 0 aromatic rings. The summed E-state index contributed by atoms with van der Waals surface area (Å²) >= 11 is 1.85. The summed E-state index contributed by atoms with van der Waals surface area (Å²) in [5, 5.41) is 12.6. The highest BCUT2D eigenvalue weighted by Gasteiger charge is 2.42. The number of nitrogens with zero attached hydrogens (tertiary/aromatic N) is 1. The van der Waals surface area contributed by atoms with Gasteiger partial charge < -0.3 is 26.1 Å². The largest absolute Gasteiger partial charge is 0.336 e. The molecule has 0 aromatic heterocycles. The van der Waals surface area contributed by atoms with Crippen molar-refractivity contribution in [2.75, 3.05) is 5.75 Å². The number of carbonyl (C=O) groups excluding carboxylic acids is 6. The van der Waals surface area contributed by atoms with Gasteiger partial charge in [0.15, 0.2) is 0 Å². The quantitative estimate of drug-likeness (QED) is 0.0898. The molecule has 3 fully saturated rings. The van der Waals surface area contributed by atoms with Crippen LogP contribution in [-0.2, 0) is 28.8 Å². The first-order valence-corrected chi connectivity index (χ1v) is 15.2. The molecule has 3 aliphatic heterocycles. The summed E-state index contributed by atoms with van der Waals surface area (Å²) in [6, 6.07) is 0.230. The Morgan fingerprint density at radius 1 is 0.923 bits per heavy atom. The van der Waals surface area contributed by atoms with Crippen LogP contribution in [0, 0.1) is 0 Å².